The average molecular weight is 1950 g/mol. The van der Waals surface area contributed by atoms with Crippen LogP contribution in [0.25, 0.3) is 9.69 Å². The third-order valence-corrected chi connectivity index (χ3v) is 48.5. The summed E-state index contributed by atoms with van der Waals surface area (Å²) in [4.78, 5) is 33.0. The van der Waals surface area contributed by atoms with Gasteiger partial charge in [0, 0.05) is 82.9 Å². The highest BCUT2D eigenvalue weighted by Gasteiger charge is 2.75. The van der Waals surface area contributed by atoms with Gasteiger partial charge in [0.1, 0.15) is 17.3 Å². The van der Waals surface area contributed by atoms with Crippen molar-refractivity contribution in [2.75, 3.05) is 66.1 Å². The van der Waals surface area contributed by atoms with E-state index in [9.17, 15) is 24.9 Å². The molecule has 20 aliphatic carbocycles. The van der Waals surface area contributed by atoms with Crippen LogP contribution < -0.4 is 0 Å². The highest BCUT2D eigenvalue weighted by atomic mass is 16.8. The molecule has 25 aliphatic rings. The second-order valence-corrected chi connectivity index (χ2v) is 53.1. The van der Waals surface area contributed by atoms with Crippen LogP contribution >= 0.6 is 0 Å². The van der Waals surface area contributed by atoms with Gasteiger partial charge in [-0.25, -0.2) is 9.69 Å². The molecule has 13 saturated carbocycles. The van der Waals surface area contributed by atoms with Crippen LogP contribution in [0.3, 0.4) is 0 Å². The Kier molecular flexibility index (Phi) is 26.7. The van der Waals surface area contributed by atoms with Crippen LogP contribution in [0, 0.1) is 172 Å². The molecule has 778 valence electrons. The molecule has 0 aromatic rings. The SMILES string of the molecule is C=CCC1(CC=C)C(=O)CC[C@@]2(C)C1=CC[C@@H]1[C@@H]2CC[C@@]2(C)[C@H]1CCC21OCCO1.C[C@]12CCC(=O)C=C1CC[C@@H]1[C@@H]2CC[C@@]2(C)[C@H]1CCC21OCCO1.C[C@]12CC[C@H](O)CC1=CC[C@@H]1[C@@H]2CC[C@@]2(C)[C@H]1CCC21OCCO1.[C-]#[N+]C1=C(O)C(CC=C)(CC=C)C2=CC[C@@H]3[C@H](CC[C@@]4(C)[C@H]3CCC43OCCO3)[C@@]2(C)C1.[C-]#[N+]C1=C(O)C(CCC)(CCC)C2=CC[C@@H]3[C@H](CC[C@@]4(C)[C@H]3CCC43OCCO3)[C@@]2(C)C1. The molecule has 0 unspecified atom stereocenters. The summed E-state index contributed by atoms with van der Waals surface area (Å²) in [6.07, 6.45) is 64.2. The van der Waals surface area contributed by atoms with E-state index in [-0.39, 0.29) is 89.2 Å². The second-order valence-electron chi connectivity index (χ2n) is 53.1. The first kappa shape index (κ1) is 102. The summed E-state index contributed by atoms with van der Waals surface area (Å²) in [6, 6.07) is 0. The number of fused-ring (bicyclic) bond motifs is 30. The molecule has 3 N–H and O–H groups in total. The Morgan fingerprint density at radius 1 is 0.345 bits per heavy atom. The highest BCUT2D eigenvalue weighted by Crippen LogP contribution is 2.79. The summed E-state index contributed by atoms with van der Waals surface area (Å²) in [6.45, 7) is 68.1. The van der Waals surface area contributed by atoms with Gasteiger partial charge in [-0.2, -0.15) is 0 Å². The molecule has 5 aliphatic heterocycles. The van der Waals surface area contributed by atoms with Gasteiger partial charge < -0.3 is 62.7 Å². The summed E-state index contributed by atoms with van der Waals surface area (Å²) in [7, 11) is 0. The van der Waals surface area contributed by atoms with E-state index < -0.39 is 16.6 Å². The van der Waals surface area contributed by atoms with Crippen molar-refractivity contribution in [3.8, 4) is 0 Å². The van der Waals surface area contributed by atoms with Crippen molar-refractivity contribution in [2.24, 2.45) is 159 Å². The number of carbonyl (C=O) groups excluding carboxylic acids is 2. The molecule has 5 spiro atoms. The summed E-state index contributed by atoms with van der Waals surface area (Å²) >= 11 is 0. The summed E-state index contributed by atoms with van der Waals surface area (Å²) in [5, 5.41) is 32.8. The van der Waals surface area contributed by atoms with E-state index in [0.29, 0.717) is 133 Å². The smallest absolute Gasteiger partial charge is 0.203 e. The summed E-state index contributed by atoms with van der Waals surface area (Å²) in [5.41, 5.74) is 8.26. The minimum Gasteiger partial charge on any atom is -0.523 e. The normalized spacial score (nSPS) is 45.1. The van der Waals surface area contributed by atoms with Crippen molar-refractivity contribution < 1.29 is 72.3 Å². The monoisotopic (exact) mass is 1950 g/mol. The fourth-order valence-electron chi connectivity index (χ4n) is 42.0. The van der Waals surface area contributed by atoms with Crippen molar-refractivity contribution in [1.82, 2.24) is 0 Å². The van der Waals surface area contributed by atoms with Crippen molar-refractivity contribution >= 4 is 11.6 Å². The van der Waals surface area contributed by atoms with Gasteiger partial charge in [0.25, 0.3) is 0 Å². The molecule has 0 bridgehead atoms. The van der Waals surface area contributed by atoms with Crippen LogP contribution in [0.15, 0.2) is 132 Å². The standard InChI is InChI=1S/C28H41NO3.C28H37NO3.C27H38O3.C21H32O3.C21H30O3/c2*1-6-12-27(13-7-2)23-9-8-19-20(25(23,3)18-22(29-5)24(27)30)10-14-26(4)21(19)11-15-28(26)31-16-17-32-28;1-5-12-26(13-6-2)22-8-7-19-20(24(22,3)14-11-23(26)28)9-15-25(4)21(19)10-16-27(25)29-17-18-30-27;2*1-19-8-5-15(22)13-14(19)3-4-16-17(19)6-9-20(2)18(16)7-10-21(20)23-11-12-24-21/h9,19-21,30H,6-8,10-18H2,1-4H3;6-7,9,19-21,30H,1-2,8,10-18H2,3-4H3;5-6,8,19-21H,1-2,7,9-18H2,3-4H3;3,15-18,22H,4-13H2,1-2H3;13,16-18H,3-12H2,1-2H3/t2*19-,20+,21+,25-,26+;19-,20+,21+,24-,25+;15-,16+,17-,18-,19-,20-;16-,17+,18+,19+,20+/m11101/s1. The molecule has 0 aromatic carbocycles. The zero-order valence-electron chi connectivity index (χ0n) is 89.4. The van der Waals surface area contributed by atoms with Gasteiger partial charge in [0.15, 0.2) is 34.7 Å². The second kappa shape index (κ2) is 37.0. The lowest BCUT2D eigenvalue weighted by molar-refractivity contribution is -0.242. The Hall–Kier alpha value is -5.38. The van der Waals surface area contributed by atoms with Gasteiger partial charge in [-0.3, -0.25) is 9.59 Å². The van der Waals surface area contributed by atoms with Crippen LogP contribution in [0.1, 0.15) is 359 Å². The lowest BCUT2D eigenvalue weighted by atomic mass is 9.43. The molecule has 18 fully saturated rings. The van der Waals surface area contributed by atoms with Crippen molar-refractivity contribution in [1.29, 1.82) is 0 Å². The first-order valence-electron chi connectivity index (χ1n) is 57.7. The Bertz CT molecular complexity index is 5200. The maximum atomic E-state index is 13.3. The molecular weight excluding hydrogens is 1770 g/mol. The minimum absolute atomic E-state index is 0.0339. The van der Waals surface area contributed by atoms with E-state index in [2.05, 4.69) is 143 Å². The first-order valence-corrected chi connectivity index (χ1v) is 57.7. The van der Waals surface area contributed by atoms with Crippen molar-refractivity contribution in [2.45, 2.75) is 394 Å². The highest BCUT2D eigenvalue weighted by molar-refractivity contribution is 5.92. The third-order valence-electron chi connectivity index (χ3n) is 48.5. The zero-order valence-corrected chi connectivity index (χ0v) is 89.4. The summed E-state index contributed by atoms with van der Waals surface area (Å²) < 4.78 is 62.7. The van der Waals surface area contributed by atoms with E-state index in [0.717, 1.165) is 242 Å². The van der Waals surface area contributed by atoms with E-state index in [1.165, 1.54) is 112 Å². The van der Waals surface area contributed by atoms with Crippen molar-refractivity contribution in [3.63, 3.8) is 0 Å². The predicted octanol–water partition coefficient (Wildman–Crippen LogP) is 28.3. The molecule has 5 heterocycles. The number of aliphatic hydroxyl groups is 3. The van der Waals surface area contributed by atoms with E-state index in [1.807, 2.05) is 30.4 Å². The molecule has 26 atom stereocenters. The Labute approximate surface area is 852 Å². The number of allylic oxidation sites excluding steroid dienone is 14. The Morgan fingerprint density at radius 2 is 0.648 bits per heavy atom. The van der Waals surface area contributed by atoms with Gasteiger partial charge in [-0.15, -0.1) is 26.3 Å². The largest absolute Gasteiger partial charge is 0.523 e. The quantitative estimate of drug-likeness (QED) is 0.123. The minimum atomic E-state index is -0.573. The number of hydrogen-bond acceptors (Lipinski definition) is 15. The lowest BCUT2D eigenvalue weighted by Gasteiger charge is -2.61. The molecule has 0 amide bonds. The topological polar surface area (TPSA) is 196 Å². The molecule has 17 heteroatoms. The van der Waals surface area contributed by atoms with Crippen molar-refractivity contribution in [3.05, 3.63) is 155 Å². The molecule has 17 nitrogen and oxygen atoms in total. The maximum absolute atomic E-state index is 13.3. The summed E-state index contributed by atoms with van der Waals surface area (Å²) in [5.74, 6) is 9.67. The average Bonchev–Trinajstić information content (AvgIpc) is 1.32. The van der Waals surface area contributed by atoms with Gasteiger partial charge in [0.05, 0.1) is 90.7 Å². The molecule has 25 rings (SSSR count). The Balaban J connectivity index is 0.000000105. The first-order chi connectivity index (χ1) is 68.0. The fraction of sp³-hybridized carbons (Fsp3) is 0.792. The van der Waals surface area contributed by atoms with Crippen LogP contribution in [0.5, 0.6) is 0 Å². The molecule has 142 heavy (non-hydrogen) atoms. The van der Waals surface area contributed by atoms with E-state index in [1.54, 1.807) is 5.57 Å². The van der Waals surface area contributed by atoms with Crippen LogP contribution in [-0.4, -0.2) is 128 Å². The number of Topliss-reactive ketones (excluding diaryl/α,β-unsaturated/α-hetero) is 1. The van der Waals surface area contributed by atoms with Gasteiger partial charge in [-0.05, 0) is 340 Å². The number of aliphatic hydroxyl groups excluding tert-OH is 3. The third kappa shape index (κ3) is 14.5. The fourth-order valence-corrected chi connectivity index (χ4v) is 42.0. The molecular formula is C125H178N2O15. The maximum Gasteiger partial charge on any atom is 0.203 e. The zero-order chi connectivity index (χ0) is 99.9. The van der Waals surface area contributed by atoms with E-state index >= 15 is 0 Å². The molecule has 0 radical (unpaired) electrons. The number of ether oxygens (including phenoxy) is 10. The predicted molar refractivity (Wildman–Crippen MR) is 554 cm³/mol. The molecule has 5 saturated heterocycles. The Morgan fingerprint density at radius 3 is 1.01 bits per heavy atom. The number of ketones is 2. The van der Waals surface area contributed by atoms with Gasteiger partial charge in [-0.1, -0.05) is 172 Å². The van der Waals surface area contributed by atoms with Crippen LogP contribution in [0.2, 0.25) is 0 Å². The number of nitrogens with zero attached hydrogens (tertiary/aromatic N) is 2. The van der Waals surface area contributed by atoms with E-state index in [4.69, 9.17) is 60.5 Å². The molecule has 0 aromatic heterocycles. The van der Waals surface area contributed by atoms with Crippen LogP contribution in [-0.2, 0) is 57.0 Å². The number of rotatable bonds is 12. The van der Waals surface area contributed by atoms with Gasteiger partial charge in [0.2, 0.25) is 11.4 Å². The number of carbonyl (C=O) groups is 2. The van der Waals surface area contributed by atoms with Crippen LogP contribution in [0.4, 0.5) is 0 Å². The lowest BCUT2D eigenvalue weighted by Crippen LogP contribution is -2.57. The van der Waals surface area contributed by atoms with Gasteiger partial charge >= 0.3 is 0 Å². The number of hydrogen-bond donors (Lipinski definition) is 3.